The van der Waals surface area contributed by atoms with E-state index in [9.17, 15) is 4.79 Å². The van der Waals surface area contributed by atoms with Crippen molar-refractivity contribution in [1.82, 2.24) is 5.16 Å². The Morgan fingerprint density at radius 1 is 1.50 bits per heavy atom. The first-order valence-corrected chi connectivity index (χ1v) is 3.91. The fourth-order valence-corrected chi connectivity index (χ4v) is 1.15. The molecule has 0 saturated heterocycles. The van der Waals surface area contributed by atoms with E-state index in [1.54, 1.807) is 0 Å². The number of nitrogens with zero attached hydrogens (tertiary/aromatic N) is 1. The second-order valence-electron chi connectivity index (χ2n) is 2.45. The van der Waals surface area contributed by atoms with Crippen molar-refractivity contribution in [2.24, 2.45) is 0 Å². The van der Waals surface area contributed by atoms with Gasteiger partial charge in [0.2, 0.25) is 0 Å². The fourth-order valence-electron chi connectivity index (χ4n) is 1.15. The van der Waals surface area contributed by atoms with E-state index < -0.39 is 5.97 Å². The van der Waals surface area contributed by atoms with Gasteiger partial charge in [-0.15, -0.1) is 0 Å². The molecule has 66 valence electrons. The highest BCUT2D eigenvalue weighted by Crippen LogP contribution is 2.15. The molecule has 0 saturated carbocycles. The summed E-state index contributed by atoms with van der Waals surface area (Å²) in [5, 5.41) is 12.2. The first kappa shape index (κ1) is 8.77. The Balaban J connectivity index is 3.13. The first-order chi connectivity index (χ1) is 5.70. The lowest BCUT2D eigenvalue weighted by Gasteiger charge is -1.93. The number of carbonyl (C=O) groups is 1. The monoisotopic (exact) mass is 169 g/mol. The maximum Gasteiger partial charge on any atom is 0.358 e. The molecule has 0 unspecified atom stereocenters. The summed E-state index contributed by atoms with van der Waals surface area (Å²) >= 11 is 0. The van der Waals surface area contributed by atoms with E-state index in [1.807, 2.05) is 13.8 Å². The zero-order valence-corrected chi connectivity index (χ0v) is 7.13. The van der Waals surface area contributed by atoms with E-state index >= 15 is 0 Å². The summed E-state index contributed by atoms with van der Waals surface area (Å²) in [5.41, 5.74) is 0.763. The SMILES string of the molecule is CCc1onc(C(=O)O)c1CC. The predicted molar refractivity (Wildman–Crippen MR) is 42.2 cm³/mol. The van der Waals surface area contributed by atoms with Crippen molar-refractivity contribution in [1.29, 1.82) is 0 Å². The van der Waals surface area contributed by atoms with Crippen molar-refractivity contribution in [3.63, 3.8) is 0 Å². The first-order valence-electron chi connectivity index (χ1n) is 3.91. The predicted octanol–water partition coefficient (Wildman–Crippen LogP) is 1.50. The molecule has 4 nitrogen and oxygen atoms in total. The van der Waals surface area contributed by atoms with E-state index in [0.717, 1.165) is 0 Å². The summed E-state index contributed by atoms with van der Waals surface area (Å²) in [5.74, 6) is -0.342. The van der Waals surface area contributed by atoms with Gasteiger partial charge in [0.1, 0.15) is 5.76 Å². The second-order valence-corrected chi connectivity index (χ2v) is 2.45. The minimum Gasteiger partial charge on any atom is -0.476 e. The van der Waals surface area contributed by atoms with Crippen molar-refractivity contribution >= 4 is 5.97 Å². The number of carboxylic acid groups (broad SMARTS) is 1. The lowest BCUT2D eigenvalue weighted by atomic mass is 10.1. The zero-order chi connectivity index (χ0) is 9.14. The zero-order valence-electron chi connectivity index (χ0n) is 7.13. The lowest BCUT2D eigenvalue weighted by molar-refractivity contribution is 0.0684. The van der Waals surface area contributed by atoms with E-state index in [4.69, 9.17) is 9.63 Å². The largest absolute Gasteiger partial charge is 0.476 e. The van der Waals surface area contributed by atoms with Crippen molar-refractivity contribution in [2.45, 2.75) is 26.7 Å². The number of aromatic carboxylic acids is 1. The van der Waals surface area contributed by atoms with Gasteiger partial charge in [0.15, 0.2) is 5.69 Å². The summed E-state index contributed by atoms with van der Waals surface area (Å²) in [6, 6.07) is 0. The summed E-state index contributed by atoms with van der Waals surface area (Å²) in [6.07, 6.45) is 1.33. The Bertz CT molecular complexity index is 290. The van der Waals surface area contributed by atoms with Crippen LogP contribution in [0.3, 0.4) is 0 Å². The van der Waals surface area contributed by atoms with Crippen LogP contribution in [0.1, 0.15) is 35.7 Å². The molecule has 0 aliphatic carbocycles. The molecule has 0 aromatic carbocycles. The minimum atomic E-state index is -1.02. The molecule has 0 aliphatic rings. The van der Waals surface area contributed by atoms with Gasteiger partial charge in [-0.1, -0.05) is 19.0 Å². The highest BCUT2D eigenvalue weighted by molar-refractivity contribution is 5.87. The average molecular weight is 169 g/mol. The molecule has 1 heterocycles. The van der Waals surface area contributed by atoms with Crippen LogP contribution in [0, 0.1) is 0 Å². The molecule has 0 aliphatic heterocycles. The standard InChI is InChI=1S/C8H11NO3/c1-3-5-6(4-2)12-9-7(5)8(10)11/h3-4H2,1-2H3,(H,10,11). The molecule has 1 aromatic heterocycles. The van der Waals surface area contributed by atoms with Crippen LogP contribution in [0.4, 0.5) is 0 Å². The van der Waals surface area contributed by atoms with Crippen LogP contribution < -0.4 is 0 Å². The molecule has 1 rings (SSSR count). The molecular weight excluding hydrogens is 158 g/mol. The van der Waals surface area contributed by atoms with Crippen LogP contribution in [-0.2, 0) is 12.8 Å². The van der Waals surface area contributed by atoms with Crippen LogP contribution in [0.15, 0.2) is 4.52 Å². The van der Waals surface area contributed by atoms with Crippen LogP contribution in [0.5, 0.6) is 0 Å². The molecule has 0 bridgehead atoms. The number of aromatic nitrogens is 1. The Hall–Kier alpha value is -1.32. The van der Waals surface area contributed by atoms with Gasteiger partial charge in [-0.05, 0) is 6.42 Å². The molecule has 0 atom stereocenters. The number of rotatable bonds is 3. The summed E-state index contributed by atoms with van der Waals surface area (Å²) < 4.78 is 4.87. The quantitative estimate of drug-likeness (QED) is 0.744. The van der Waals surface area contributed by atoms with Crippen LogP contribution in [0.25, 0.3) is 0 Å². The molecule has 0 fully saturated rings. The Labute approximate surface area is 70.2 Å². The van der Waals surface area contributed by atoms with Gasteiger partial charge in [0, 0.05) is 12.0 Å². The average Bonchev–Trinajstić information content (AvgIpc) is 2.46. The van der Waals surface area contributed by atoms with Crippen molar-refractivity contribution in [3.8, 4) is 0 Å². The van der Waals surface area contributed by atoms with Crippen LogP contribution >= 0.6 is 0 Å². The fraction of sp³-hybridized carbons (Fsp3) is 0.500. The Kier molecular flexibility index (Phi) is 2.47. The Morgan fingerprint density at radius 2 is 2.17 bits per heavy atom. The van der Waals surface area contributed by atoms with Gasteiger partial charge in [0.05, 0.1) is 0 Å². The number of carboxylic acids is 1. The van der Waals surface area contributed by atoms with E-state index in [0.29, 0.717) is 24.2 Å². The molecule has 1 N–H and O–H groups in total. The highest BCUT2D eigenvalue weighted by Gasteiger charge is 2.18. The smallest absolute Gasteiger partial charge is 0.358 e. The Morgan fingerprint density at radius 3 is 2.58 bits per heavy atom. The van der Waals surface area contributed by atoms with Gasteiger partial charge in [-0.2, -0.15) is 0 Å². The maximum absolute atomic E-state index is 10.6. The third-order valence-electron chi connectivity index (χ3n) is 1.75. The molecular formula is C8H11NO3. The number of hydrogen-bond donors (Lipinski definition) is 1. The maximum atomic E-state index is 10.6. The van der Waals surface area contributed by atoms with Gasteiger partial charge in [-0.3, -0.25) is 0 Å². The number of aryl methyl sites for hydroxylation is 1. The summed E-state index contributed by atoms with van der Waals surface area (Å²) in [4.78, 5) is 10.6. The van der Waals surface area contributed by atoms with Gasteiger partial charge in [0.25, 0.3) is 0 Å². The van der Waals surface area contributed by atoms with Crippen molar-refractivity contribution < 1.29 is 14.4 Å². The van der Waals surface area contributed by atoms with Crippen molar-refractivity contribution in [2.75, 3.05) is 0 Å². The van der Waals surface area contributed by atoms with E-state index in [2.05, 4.69) is 5.16 Å². The molecule has 0 radical (unpaired) electrons. The molecule has 0 spiro atoms. The van der Waals surface area contributed by atoms with E-state index in [1.165, 1.54) is 0 Å². The normalized spacial score (nSPS) is 10.2. The molecule has 12 heavy (non-hydrogen) atoms. The van der Waals surface area contributed by atoms with Gasteiger partial charge in [-0.25, -0.2) is 4.79 Å². The minimum absolute atomic E-state index is 0.0503. The third kappa shape index (κ3) is 1.32. The van der Waals surface area contributed by atoms with Gasteiger partial charge >= 0.3 is 5.97 Å². The molecule has 1 aromatic rings. The topological polar surface area (TPSA) is 63.3 Å². The highest BCUT2D eigenvalue weighted by atomic mass is 16.5. The summed E-state index contributed by atoms with van der Waals surface area (Å²) in [6.45, 7) is 3.80. The van der Waals surface area contributed by atoms with Gasteiger partial charge < -0.3 is 9.63 Å². The molecule has 0 amide bonds. The molecule has 4 heteroatoms. The van der Waals surface area contributed by atoms with Crippen molar-refractivity contribution in [3.05, 3.63) is 17.0 Å². The second kappa shape index (κ2) is 3.38. The van der Waals surface area contributed by atoms with E-state index in [-0.39, 0.29) is 5.69 Å². The van der Waals surface area contributed by atoms with Crippen LogP contribution in [-0.4, -0.2) is 16.2 Å². The number of hydrogen-bond acceptors (Lipinski definition) is 3. The van der Waals surface area contributed by atoms with Crippen LogP contribution in [0.2, 0.25) is 0 Å². The summed E-state index contributed by atoms with van der Waals surface area (Å²) in [7, 11) is 0. The third-order valence-corrected chi connectivity index (χ3v) is 1.75. The lowest BCUT2D eigenvalue weighted by Crippen LogP contribution is -2.01.